The molecule has 4 rings (SSSR count). The van der Waals surface area contributed by atoms with Crippen molar-refractivity contribution in [3.63, 3.8) is 0 Å². The lowest BCUT2D eigenvalue weighted by Gasteiger charge is -2.06. The monoisotopic (exact) mass is 470 g/mol. The number of aliphatic hydroxyl groups is 1. The summed E-state index contributed by atoms with van der Waals surface area (Å²) in [6.45, 7) is 4.09. The van der Waals surface area contributed by atoms with Crippen molar-refractivity contribution < 1.29 is 14.3 Å². The Morgan fingerprint density at radius 1 is 1.16 bits per heavy atom. The van der Waals surface area contributed by atoms with Crippen LogP contribution in [-0.2, 0) is 6.42 Å². The maximum absolute atomic E-state index is 13.7. The van der Waals surface area contributed by atoms with Gasteiger partial charge in [0.2, 0.25) is 0 Å². The minimum Gasteiger partial charge on any atom is -0.395 e. The van der Waals surface area contributed by atoms with E-state index < -0.39 is 0 Å². The normalized spacial score (nSPS) is 10.5. The van der Waals surface area contributed by atoms with Crippen LogP contribution >= 0.6 is 22.9 Å². The van der Waals surface area contributed by atoms with Gasteiger partial charge in [-0.3, -0.25) is 9.78 Å². The number of pyridine rings is 1. The fourth-order valence-electron chi connectivity index (χ4n) is 3.31. The number of benzene rings is 2. The Hall–Kier alpha value is -2.80. The van der Waals surface area contributed by atoms with Crippen LogP contribution in [-0.4, -0.2) is 29.1 Å². The molecule has 0 aliphatic rings. The number of nitrogens with one attached hydrogen (secondary N) is 1. The summed E-state index contributed by atoms with van der Waals surface area (Å²) in [6.07, 6.45) is 2.18. The average molecular weight is 471 g/mol. The number of halogens is 2. The predicted octanol–water partition coefficient (Wildman–Crippen LogP) is 6.09. The highest BCUT2D eigenvalue weighted by atomic mass is 35.5. The van der Waals surface area contributed by atoms with Crippen LogP contribution in [0.5, 0.6) is 0 Å². The Labute approximate surface area is 195 Å². The first-order valence-corrected chi connectivity index (χ1v) is 11.5. The van der Waals surface area contributed by atoms with Gasteiger partial charge in [0.25, 0.3) is 5.91 Å². The van der Waals surface area contributed by atoms with Crippen molar-refractivity contribution in [3.05, 3.63) is 87.6 Å². The summed E-state index contributed by atoms with van der Waals surface area (Å²) in [6, 6.07) is 16.0. The molecule has 32 heavy (non-hydrogen) atoms. The van der Waals surface area contributed by atoms with E-state index in [1.165, 1.54) is 12.1 Å². The van der Waals surface area contributed by atoms with E-state index in [9.17, 15) is 9.18 Å². The van der Waals surface area contributed by atoms with Crippen molar-refractivity contribution in [1.82, 2.24) is 10.3 Å². The highest BCUT2D eigenvalue weighted by Gasteiger charge is 2.13. The van der Waals surface area contributed by atoms with E-state index in [1.54, 1.807) is 35.7 Å². The zero-order chi connectivity index (χ0) is 23.1. The molecule has 0 saturated carbocycles. The molecule has 0 bridgehead atoms. The molecule has 0 unspecified atom stereocenters. The SMILES string of the molecule is CC.O=C(NCCO)c1ccnc(-c2cccc3cc(Cc4cc(F)cc(Cl)c4)sc23)c1. The lowest BCUT2D eigenvalue weighted by atomic mass is 10.1. The number of hydrogen-bond donors (Lipinski definition) is 2. The Kier molecular flexibility index (Phi) is 8.33. The largest absolute Gasteiger partial charge is 0.395 e. The number of rotatable bonds is 6. The number of hydrogen-bond acceptors (Lipinski definition) is 4. The molecule has 0 fully saturated rings. The third-order valence-electron chi connectivity index (χ3n) is 4.59. The van der Waals surface area contributed by atoms with Crippen molar-refractivity contribution in [3.8, 4) is 11.3 Å². The van der Waals surface area contributed by atoms with Gasteiger partial charge in [-0.1, -0.05) is 43.6 Å². The topological polar surface area (TPSA) is 62.2 Å². The molecule has 2 N–H and O–H groups in total. The van der Waals surface area contributed by atoms with Crippen molar-refractivity contribution in [2.45, 2.75) is 20.3 Å². The third kappa shape index (κ3) is 5.71. The molecule has 0 saturated heterocycles. The average Bonchev–Trinajstić information content (AvgIpc) is 3.20. The summed E-state index contributed by atoms with van der Waals surface area (Å²) in [5, 5.41) is 13.0. The zero-order valence-electron chi connectivity index (χ0n) is 17.9. The summed E-state index contributed by atoms with van der Waals surface area (Å²) >= 11 is 7.60. The van der Waals surface area contributed by atoms with Crippen molar-refractivity contribution in [2.24, 2.45) is 0 Å². The summed E-state index contributed by atoms with van der Waals surface area (Å²) in [5.41, 5.74) is 2.92. The van der Waals surface area contributed by atoms with Crippen LogP contribution in [0, 0.1) is 5.82 Å². The number of aliphatic hydroxyl groups excluding tert-OH is 1. The minimum absolute atomic E-state index is 0.114. The first-order chi connectivity index (χ1) is 15.5. The summed E-state index contributed by atoms with van der Waals surface area (Å²) in [5.74, 6) is -0.602. The number of nitrogens with zero attached hydrogens (tertiary/aromatic N) is 1. The van der Waals surface area contributed by atoms with E-state index in [-0.39, 0.29) is 24.9 Å². The summed E-state index contributed by atoms with van der Waals surface area (Å²) in [4.78, 5) is 17.8. The van der Waals surface area contributed by atoms with E-state index >= 15 is 0 Å². The highest BCUT2D eigenvalue weighted by Crippen LogP contribution is 2.35. The summed E-state index contributed by atoms with van der Waals surface area (Å²) < 4.78 is 14.7. The van der Waals surface area contributed by atoms with E-state index in [4.69, 9.17) is 16.7 Å². The van der Waals surface area contributed by atoms with Gasteiger partial charge in [-0.25, -0.2) is 4.39 Å². The quantitative estimate of drug-likeness (QED) is 0.358. The molecule has 1 amide bonds. The smallest absolute Gasteiger partial charge is 0.251 e. The lowest BCUT2D eigenvalue weighted by molar-refractivity contribution is 0.0944. The molecule has 0 spiro atoms. The number of carbonyl (C=O) groups excluding carboxylic acids is 1. The molecule has 0 aliphatic heterocycles. The van der Waals surface area contributed by atoms with Gasteiger partial charge in [0.1, 0.15) is 5.82 Å². The summed E-state index contributed by atoms with van der Waals surface area (Å²) in [7, 11) is 0. The number of thiophene rings is 1. The van der Waals surface area contributed by atoms with Crippen molar-refractivity contribution in [2.75, 3.05) is 13.2 Å². The Morgan fingerprint density at radius 3 is 2.72 bits per heavy atom. The molecule has 4 aromatic rings. The Balaban J connectivity index is 0.00000141. The molecule has 0 atom stereocenters. The van der Waals surface area contributed by atoms with Gasteiger partial charge in [0.05, 0.1) is 12.3 Å². The second kappa shape index (κ2) is 11.2. The van der Waals surface area contributed by atoms with E-state index in [1.807, 2.05) is 32.0 Å². The second-order valence-corrected chi connectivity index (χ2v) is 8.37. The van der Waals surface area contributed by atoms with Crippen LogP contribution in [0.3, 0.4) is 0 Å². The molecule has 166 valence electrons. The second-order valence-electron chi connectivity index (χ2n) is 6.80. The molecule has 2 aromatic heterocycles. The fourth-order valence-corrected chi connectivity index (χ4v) is 4.77. The van der Waals surface area contributed by atoms with E-state index in [0.29, 0.717) is 22.7 Å². The number of carbonyl (C=O) groups is 1. The fraction of sp³-hybridized carbons (Fsp3) is 0.200. The molecule has 0 aliphatic carbocycles. The molecule has 7 heteroatoms. The van der Waals surface area contributed by atoms with Gasteiger partial charge in [-0.15, -0.1) is 11.3 Å². The van der Waals surface area contributed by atoms with Crippen LogP contribution in [0.1, 0.15) is 34.6 Å². The van der Waals surface area contributed by atoms with Gasteiger partial charge in [0, 0.05) is 44.9 Å². The maximum atomic E-state index is 13.7. The first kappa shape index (κ1) is 23.9. The van der Waals surface area contributed by atoms with Crippen LogP contribution in [0.2, 0.25) is 5.02 Å². The maximum Gasteiger partial charge on any atom is 0.251 e. The first-order valence-electron chi connectivity index (χ1n) is 10.4. The molecule has 0 radical (unpaired) electrons. The number of aromatic nitrogens is 1. The number of amides is 1. The van der Waals surface area contributed by atoms with Gasteiger partial charge >= 0.3 is 0 Å². The van der Waals surface area contributed by atoms with Gasteiger partial charge in [-0.05, 0) is 47.3 Å². The van der Waals surface area contributed by atoms with E-state index in [0.717, 1.165) is 26.1 Å². The Bertz CT molecular complexity index is 1210. The highest BCUT2D eigenvalue weighted by molar-refractivity contribution is 7.19. The van der Waals surface area contributed by atoms with Gasteiger partial charge in [-0.2, -0.15) is 0 Å². The van der Waals surface area contributed by atoms with Crippen LogP contribution in [0.15, 0.2) is 60.8 Å². The molecule has 2 heterocycles. The van der Waals surface area contributed by atoms with Crippen LogP contribution in [0.25, 0.3) is 21.3 Å². The van der Waals surface area contributed by atoms with Gasteiger partial charge < -0.3 is 10.4 Å². The zero-order valence-corrected chi connectivity index (χ0v) is 19.4. The van der Waals surface area contributed by atoms with Crippen molar-refractivity contribution in [1.29, 1.82) is 0 Å². The standard InChI is InChI=1S/C23H18ClFN2O2S.C2H6/c24-17-8-14(9-18(25)13-17)10-19-11-15-2-1-3-20(22(15)30-19)21-12-16(4-5-26-21)23(29)27-6-7-28;1-2/h1-5,8-9,11-13,28H,6-7,10H2,(H,27,29);1-2H3. The molecule has 2 aromatic carbocycles. The van der Waals surface area contributed by atoms with E-state index in [2.05, 4.69) is 16.4 Å². The Morgan fingerprint density at radius 2 is 1.97 bits per heavy atom. The molecular weight excluding hydrogens is 447 g/mol. The van der Waals surface area contributed by atoms with Gasteiger partial charge in [0.15, 0.2) is 0 Å². The minimum atomic E-state index is -0.347. The lowest BCUT2D eigenvalue weighted by Crippen LogP contribution is -2.26. The van der Waals surface area contributed by atoms with Crippen molar-refractivity contribution >= 4 is 38.9 Å². The molecule has 4 nitrogen and oxygen atoms in total. The van der Waals surface area contributed by atoms with Crippen LogP contribution in [0.4, 0.5) is 4.39 Å². The predicted molar refractivity (Wildman–Crippen MR) is 130 cm³/mol. The third-order valence-corrected chi connectivity index (χ3v) is 5.99. The molecular formula is C25H24ClFN2O2S. The number of fused-ring (bicyclic) bond motifs is 1. The van der Waals surface area contributed by atoms with Crippen LogP contribution < -0.4 is 5.32 Å².